The quantitative estimate of drug-likeness (QED) is 0.817. The summed E-state index contributed by atoms with van der Waals surface area (Å²) in [5, 5.41) is 3.54. The van der Waals surface area contributed by atoms with Crippen LogP contribution in [0.2, 0.25) is 0 Å². The molecule has 1 aliphatic rings. The summed E-state index contributed by atoms with van der Waals surface area (Å²) < 4.78 is 6.31. The van der Waals surface area contributed by atoms with Crippen molar-refractivity contribution in [1.29, 1.82) is 0 Å². The lowest BCUT2D eigenvalue weighted by atomic mass is 9.86. The van der Waals surface area contributed by atoms with E-state index in [2.05, 4.69) is 75.5 Å². The van der Waals surface area contributed by atoms with Crippen molar-refractivity contribution in [3.8, 4) is 5.75 Å². The first kappa shape index (κ1) is 14.0. The number of hydrogen-bond acceptors (Lipinski definition) is 2. The maximum absolute atomic E-state index is 6.31. The Kier molecular flexibility index (Phi) is 3.20. The number of ether oxygens (including phenoxy) is 1. The number of hydrogen-bond donors (Lipinski definition) is 1. The highest BCUT2D eigenvalue weighted by molar-refractivity contribution is 5.61. The van der Waals surface area contributed by atoms with Gasteiger partial charge >= 0.3 is 0 Å². The van der Waals surface area contributed by atoms with Gasteiger partial charge in [-0.3, -0.25) is 0 Å². The van der Waals surface area contributed by atoms with Gasteiger partial charge in [0.25, 0.3) is 0 Å². The standard InChI is InChI=1S/C19H23NO/c1-18(2,3)15-10-11-17-16(12-15)20-13-19(4,21-17)14-8-6-5-7-9-14/h5-12,20H,13H2,1-4H3. The first-order chi connectivity index (χ1) is 9.88. The van der Waals surface area contributed by atoms with Gasteiger partial charge in [0.1, 0.15) is 11.4 Å². The van der Waals surface area contributed by atoms with Crippen LogP contribution in [-0.4, -0.2) is 6.54 Å². The van der Waals surface area contributed by atoms with Gasteiger partial charge in [0.15, 0.2) is 0 Å². The highest BCUT2D eigenvalue weighted by Crippen LogP contribution is 2.39. The van der Waals surface area contributed by atoms with Crippen LogP contribution in [0, 0.1) is 0 Å². The average molecular weight is 281 g/mol. The molecule has 0 aromatic heterocycles. The van der Waals surface area contributed by atoms with E-state index in [4.69, 9.17) is 4.74 Å². The van der Waals surface area contributed by atoms with E-state index in [9.17, 15) is 0 Å². The molecule has 1 N–H and O–H groups in total. The molecule has 1 unspecified atom stereocenters. The predicted octanol–water partition coefficient (Wildman–Crippen LogP) is 4.70. The fourth-order valence-electron chi connectivity index (χ4n) is 2.72. The molecule has 110 valence electrons. The largest absolute Gasteiger partial charge is 0.479 e. The molecule has 1 atom stereocenters. The molecular formula is C19H23NO. The van der Waals surface area contributed by atoms with Crippen LogP contribution in [0.15, 0.2) is 48.5 Å². The van der Waals surface area contributed by atoms with E-state index in [0.29, 0.717) is 0 Å². The number of anilines is 1. The Morgan fingerprint density at radius 1 is 1.05 bits per heavy atom. The molecule has 21 heavy (non-hydrogen) atoms. The van der Waals surface area contributed by atoms with Crippen LogP contribution in [0.1, 0.15) is 38.8 Å². The molecule has 0 bridgehead atoms. The number of fused-ring (bicyclic) bond motifs is 1. The summed E-state index contributed by atoms with van der Waals surface area (Å²) in [5.41, 5.74) is 3.44. The Labute approximate surface area is 127 Å². The molecule has 2 aromatic carbocycles. The number of benzene rings is 2. The Bertz CT molecular complexity index is 642. The van der Waals surface area contributed by atoms with Gasteiger partial charge in [-0.1, -0.05) is 57.2 Å². The van der Waals surface area contributed by atoms with Crippen LogP contribution in [0.5, 0.6) is 5.75 Å². The SMILES string of the molecule is CC(C)(C)c1ccc2c(c1)NCC(C)(c1ccccc1)O2. The second-order valence-electron chi connectivity index (χ2n) is 7.01. The van der Waals surface area contributed by atoms with Crippen LogP contribution >= 0.6 is 0 Å². The Hall–Kier alpha value is -1.96. The molecule has 1 aliphatic heterocycles. The predicted molar refractivity (Wildman–Crippen MR) is 88.1 cm³/mol. The number of rotatable bonds is 1. The van der Waals surface area contributed by atoms with E-state index in [1.165, 1.54) is 11.1 Å². The third-order valence-corrected chi connectivity index (χ3v) is 4.18. The van der Waals surface area contributed by atoms with Crippen LogP contribution < -0.4 is 10.1 Å². The van der Waals surface area contributed by atoms with E-state index in [1.807, 2.05) is 6.07 Å². The summed E-state index contributed by atoms with van der Waals surface area (Å²) in [6.07, 6.45) is 0. The molecule has 0 saturated carbocycles. The van der Waals surface area contributed by atoms with Gasteiger partial charge in [-0.2, -0.15) is 0 Å². The minimum absolute atomic E-state index is 0.150. The second-order valence-corrected chi connectivity index (χ2v) is 7.01. The molecule has 3 rings (SSSR count). The zero-order chi connectivity index (χ0) is 15.1. The molecule has 0 amide bonds. The highest BCUT2D eigenvalue weighted by atomic mass is 16.5. The Morgan fingerprint density at radius 3 is 2.43 bits per heavy atom. The lowest BCUT2D eigenvalue weighted by molar-refractivity contribution is 0.0939. The molecule has 0 saturated heterocycles. The lowest BCUT2D eigenvalue weighted by Crippen LogP contribution is -2.40. The van der Waals surface area contributed by atoms with Crippen molar-refractivity contribution in [1.82, 2.24) is 0 Å². The highest BCUT2D eigenvalue weighted by Gasteiger charge is 2.33. The van der Waals surface area contributed by atoms with Crippen molar-refractivity contribution in [2.45, 2.75) is 38.7 Å². The summed E-state index contributed by atoms with van der Waals surface area (Å²) in [7, 11) is 0. The minimum Gasteiger partial charge on any atom is -0.479 e. The van der Waals surface area contributed by atoms with E-state index in [-0.39, 0.29) is 11.0 Å². The van der Waals surface area contributed by atoms with Crippen LogP contribution in [-0.2, 0) is 11.0 Å². The minimum atomic E-state index is -0.322. The molecule has 0 fully saturated rings. The molecule has 0 radical (unpaired) electrons. The molecular weight excluding hydrogens is 258 g/mol. The maximum atomic E-state index is 6.31. The topological polar surface area (TPSA) is 21.3 Å². The van der Waals surface area contributed by atoms with Crippen LogP contribution in [0.25, 0.3) is 0 Å². The summed E-state index contributed by atoms with van der Waals surface area (Å²) in [6, 6.07) is 16.9. The van der Waals surface area contributed by atoms with Crippen molar-refractivity contribution in [3.05, 3.63) is 59.7 Å². The van der Waals surface area contributed by atoms with Gasteiger partial charge < -0.3 is 10.1 Å². The monoisotopic (exact) mass is 281 g/mol. The van der Waals surface area contributed by atoms with E-state index >= 15 is 0 Å². The van der Waals surface area contributed by atoms with Crippen molar-refractivity contribution in [2.24, 2.45) is 0 Å². The molecule has 2 aromatic rings. The Morgan fingerprint density at radius 2 is 1.76 bits per heavy atom. The van der Waals surface area contributed by atoms with Gasteiger partial charge in [0.05, 0.1) is 12.2 Å². The van der Waals surface area contributed by atoms with Gasteiger partial charge in [-0.25, -0.2) is 0 Å². The van der Waals surface area contributed by atoms with Crippen LogP contribution in [0.3, 0.4) is 0 Å². The summed E-state index contributed by atoms with van der Waals surface area (Å²) in [4.78, 5) is 0. The summed E-state index contributed by atoms with van der Waals surface area (Å²) >= 11 is 0. The first-order valence-electron chi connectivity index (χ1n) is 7.51. The molecule has 1 heterocycles. The lowest BCUT2D eigenvalue weighted by Gasteiger charge is -2.37. The third kappa shape index (κ3) is 2.63. The number of nitrogens with one attached hydrogen (secondary N) is 1. The van der Waals surface area contributed by atoms with Gasteiger partial charge in [0, 0.05) is 0 Å². The van der Waals surface area contributed by atoms with Crippen LogP contribution in [0.4, 0.5) is 5.69 Å². The van der Waals surface area contributed by atoms with E-state index in [0.717, 1.165) is 18.0 Å². The Balaban J connectivity index is 1.93. The molecule has 2 heteroatoms. The second kappa shape index (κ2) is 4.80. The van der Waals surface area contributed by atoms with E-state index in [1.54, 1.807) is 0 Å². The summed E-state index contributed by atoms with van der Waals surface area (Å²) in [5.74, 6) is 0.931. The molecule has 0 spiro atoms. The van der Waals surface area contributed by atoms with Crippen molar-refractivity contribution in [2.75, 3.05) is 11.9 Å². The molecule has 0 aliphatic carbocycles. The fraction of sp³-hybridized carbons (Fsp3) is 0.368. The fourth-order valence-corrected chi connectivity index (χ4v) is 2.72. The molecule has 2 nitrogen and oxygen atoms in total. The normalized spacial score (nSPS) is 21.1. The van der Waals surface area contributed by atoms with Crippen molar-refractivity contribution >= 4 is 5.69 Å². The maximum Gasteiger partial charge on any atom is 0.148 e. The summed E-state index contributed by atoms with van der Waals surface area (Å²) in [6.45, 7) is 9.60. The van der Waals surface area contributed by atoms with Crippen molar-refractivity contribution < 1.29 is 4.74 Å². The average Bonchev–Trinajstić information content (AvgIpc) is 2.46. The third-order valence-electron chi connectivity index (χ3n) is 4.18. The van der Waals surface area contributed by atoms with Gasteiger partial charge in [0.2, 0.25) is 0 Å². The zero-order valence-electron chi connectivity index (χ0n) is 13.2. The van der Waals surface area contributed by atoms with Gasteiger partial charge in [-0.05, 0) is 35.6 Å². The van der Waals surface area contributed by atoms with Crippen molar-refractivity contribution in [3.63, 3.8) is 0 Å². The first-order valence-corrected chi connectivity index (χ1v) is 7.51. The van der Waals surface area contributed by atoms with Gasteiger partial charge in [-0.15, -0.1) is 0 Å². The zero-order valence-corrected chi connectivity index (χ0v) is 13.2. The van der Waals surface area contributed by atoms with E-state index < -0.39 is 0 Å². The smallest absolute Gasteiger partial charge is 0.148 e.